The van der Waals surface area contributed by atoms with Crippen LogP contribution in [0.15, 0.2) is 77.3 Å². The van der Waals surface area contributed by atoms with E-state index in [0.717, 1.165) is 39.8 Å². The molecule has 3 aromatic heterocycles. The first-order valence-electron chi connectivity index (χ1n) is 11.1. The third kappa shape index (κ3) is 4.93. The second kappa shape index (κ2) is 10.0. The standard InChI is InChI=1S/C25H22FN5O3S2/c1-34-19-7-3-17(4-8-19)22-23(31-14-15-35-25(31)30-22)21-11-13-28-24(29-21)27-12-2-16-36(32,33)20-9-5-18(26)6-10-20/h3-11,13-15H,2,12,16H2,1H3,(H,27,28,29). The molecule has 5 rings (SSSR count). The Kier molecular flexibility index (Phi) is 6.66. The Bertz CT molecular complexity index is 1600. The topological polar surface area (TPSA) is 98.5 Å². The molecule has 5 aromatic rings. The van der Waals surface area contributed by atoms with Crippen LogP contribution in [0.3, 0.4) is 0 Å². The summed E-state index contributed by atoms with van der Waals surface area (Å²) < 4.78 is 45.3. The number of halogens is 1. The summed E-state index contributed by atoms with van der Waals surface area (Å²) in [5, 5.41) is 5.07. The lowest BCUT2D eigenvalue weighted by Crippen LogP contribution is -2.13. The van der Waals surface area contributed by atoms with Crippen LogP contribution in [0.1, 0.15) is 6.42 Å². The first kappa shape index (κ1) is 23.9. The maximum atomic E-state index is 13.1. The van der Waals surface area contributed by atoms with Gasteiger partial charge in [0, 0.05) is 29.9 Å². The molecule has 0 saturated carbocycles. The van der Waals surface area contributed by atoms with E-state index < -0.39 is 15.7 Å². The van der Waals surface area contributed by atoms with Crippen molar-refractivity contribution in [2.45, 2.75) is 11.3 Å². The minimum atomic E-state index is -3.50. The molecule has 0 amide bonds. The van der Waals surface area contributed by atoms with E-state index in [1.807, 2.05) is 46.3 Å². The number of imidazole rings is 1. The molecule has 8 nitrogen and oxygen atoms in total. The van der Waals surface area contributed by atoms with Crippen molar-refractivity contribution < 1.29 is 17.5 Å². The molecule has 0 aliphatic rings. The zero-order valence-corrected chi connectivity index (χ0v) is 20.9. The second-order valence-corrected chi connectivity index (χ2v) is 10.9. The molecule has 36 heavy (non-hydrogen) atoms. The van der Waals surface area contributed by atoms with Gasteiger partial charge >= 0.3 is 0 Å². The maximum absolute atomic E-state index is 13.1. The van der Waals surface area contributed by atoms with Gasteiger partial charge in [0.2, 0.25) is 5.95 Å². The van der Waals surface area contributed by atoms with Crippen LogP contribution in [0, 0.1) is 5.82 Å². The van der Waals surface area contributed by atoms with E-state index in [4.69, 9.17) is 9.72 Å². The van der Waals surface area contributed by atoms with Crippen molar-refractivity contribution in [3.05, 3.63) is 78.2 Å². The zero-order valence-electron chi connectivity index (χ0n) is 19.3. The Labute approximate surface area is 211 Å². The molecule has 0 saturated heterocycles. The fourth-order valence-electron chi connectivity index (χ4n) is 3.78. The molecule has 0 atom stereocenters. The summed E-state index contributed by atoms with van der Waals surface area (Å²) in [5.41, 5.74) is 3.24. The minimum Gasteiger partial charge on any atom is -0.497 e. The van der Waals surface area contributed by atoms with Gasteiger partial charge in [-0.2, -0.15) is 0 Å². The van der Waals surface area contributed by atoms with E-state index in [1.54, 1.807) is 13.3 Å². The van der Waals surface area contributed by atoms with E-state index in [2.05, 4.69) is 15.3 Å². The number of anilines is 1. The van der Waals surface area contributed by atoms with Crippen LogP contribution < -0.4 is 10.1 Å². The van der Waals surface area contributed by atoms with Crippen LogP contribution in [-0.2, 0) is 9.84 Å². The number of sulfone groups is 1. The molecule has 0 spiro atoms. The van der Waals surface area contributed by atoms with Crippen LogP contribution in [0.4, 0.5) is 10.3 Å². The first-order valence-corrected chi connectivity index (χ1v) is 13.6. The molecule has 3 heterocycles. The first-order chi connectivity index (χ1) is 17.4. The predicted octanol–water partition coefficient (Wildman–Crippen LogP) is 4.94. The van der Waals surface area contributed by atoms with Crippen molar-refractivity contribution >= 4 is 32.1 Å². The highest BCUT2D eigenvalue weighted by Crippen LogP contribution is 2.34. The number of nitrogens with zero attached hydrogens (tertiary/aromatic N) is 4. The number of benzene rings is 2. The van der Waals surface area contributed by atoms with E-state index in [0.29, 0.717) is 24.6 Å². The molecule has 0 aliphatic carbocycles. The summed E-state index contributed by atoms with van der Waals surface area (Å²) in [5.74, 6) is 0.597. The Hall–Kier alpha value is -3.83. The molecular weight excluding hydrogens is 501 g/mol. The Morgan fingerprint density at radius 3 is 2.58 bits per heavy atom. The average Bonchev–Trinajstić information content (AvgIpc) is 3.49. The van der Waals surface area contributed by atoms with E-state index >= 15 is 0 Å². The number of ether oxygens (including phenoxy) is 1. The van der Waals surface area contributed by atoms with Gasteiger partial charge in [0.1, 0.15) is 17.3 Å². The third-order valence-electron chi connectivity index (χ3n) is 5.57. The van der Waals surface area contributed by atoms with Crippen molar-refractivity contribution in [2.75, 3.05) is 24.7 Å². The summed E-state index contributed by atoms with van der Waals surface area (Å²) in [6, 6.07) is 14.4. The Morgan fingerprint density at radius 2 is 1.83 bits per heavy atom. The SMILES string of the molecule is COc1ccc(-c2nc3sccn3c2-c2ccnc(NCCCS(=O)(=O)c3ccc(F)cc3)n2)cc1. The highest BCUT2D eigenvalue weighted by atomic mass is 32.2. The van der Waals surface area contributed by atoms with Gasteiger partial charge in [0.25, 0.3) is 0 Å². The third-order valence-corrected chi connectivity index (χ3v) is 8.14. The quantitative estimate of drug-likeness (QED) is 0.216. The highest BCUT2D eigenvalue weighted by Gasteiger charge is 2.19. The van der Waals surface area contributed by atoms with Crippen LogP contribution in [-0.4, -0.2) is 47.2 Å². The van der Waals surface area contributed by atoms with E-state index in [9.17, 15) is 12.8 Å². The van der Waals surface area contributed by atoms with Gasteiger partial charge < -0.3 is 10.1 Å². The Morgan fingerprint density at radius 1 is 1.06 bits per heavy atom. The fraction of sp³-hybridized carbons (Fsp3) is 0.160. The van der Waals surface area contributed by atoms with E-state index in [1.165, 1.54) is 23.5 Å². The average molecular weight is 524 g/mol. The van der Waals surface area contributed by atoms with Crippen molar-refractivity contribution in [2.24, 2.45) is 0 Å². The van der Waals surface area contributed by atoms with Crippen molar-refractivity contribution in [1.82, 2.24) is 19.4 Å². The molecule has 2 aromatic carbocycles. The zero-order chi connectivity index (χ0) is 25.1. The van der Waals surface area contributed by atoms with Gasteiger partial charge in [-0.1, -0.05) is 0 Å². The lowest BCUT2D eigenvalue weighted by molar-refractivity contribution is 0.415. The minimum absolute atomic E-state index is 0.0783. The summed E-state index contributed by atoms with van der Waals surface area (Å²) in [6.45, 7) is 0.357. The largest absolute Gasteiger partial charge is 0.497 e. The van der Waals surface area contributed by atoms with Gasteiger partial charge in [-0.25, -0.2) is 27.8 Å². The number of aromatic nitrogens is 4. The van der Waals surface area contributed by atoms with Crippen LogP contribution >= 0.6 is 11.3 Å². The predicted molar refractivity (Wildman–Crippen MR) is 138 cm³/mol. The number of hydrogen-bond acceptors (Lipinski definition) is 8. The van der Waals surface area contributed by atoms with Crippen molar-refractivity contribution in [1.29, 1.82) is 0 Å². The summed E-state index contributed by atoms with van der Waals surface area (Å²) in [6.07, 6.45) is 3.94. The monoisotopic (exact) mass is 523 g/mol. The summed E-state index contributed by atoms with van der Waals surface area (Å²) >= 11 is 1.53. The smallest absolute Gasteiger partial charge is 0.223 e. The molecule has 0 bridgehead atoms. The number of fused-ring (bicyclic) bond motifs is 1. The van der Waals surface area contributed by atoms with Crippen molar-refractivity contribution in [3.8, 4) is 28.4 Å². The molecule has 184 valence electrons. The molecule has 0 unspecified atom stereocenters. The number of rotatable bonds is 9. The van der Waals surface area contributed by atoms with Crippen LogP contribution in [0.25, 0.3) is 27.6 Å². The van der Waals surface area contributed by atoms with Gasteiger partial charge in [-0.15, -0.1) is 11.3 Å². The molecule has 11 heteroatoms. The Balaban J connectivity index is 1.34. The van der Waals surface area contributed by atoms with Crippen LogP contribution in [0.2, 0.25) is 0 Å². The van der Waals surface area contributed by atoms with Gasteiger partial charge in [0.05, 0.1) is 29.1 Å². The molecule has 0 aliphatic heterocycles. The number of thiazole rings is 1. The lowest BCUT2D eigenvalue weighted by atomic mass is 10.1. The summed E-state index contributed by atoms with van der Waals surface area (Å²) in [4.78, 5) is 14.7. The van der Waals surface area contributed by atoms with E-state index in [-0.39, 0.29) is 10.6 Å². The molecular formula is C25H22FN5O3S2. The molecule has 1 N–H and O–H groups in total. The lowest BCUT2D eigenvalue weighted by Gasteiger charge is -2.09. The highest BCUT2D eigenvalue weighted by molar-refractivity contribution is 7.91. The normalized spacial score (nSPS) is 11.6. The maximum Gasteiger partial charge on any atom is 0.223 e. The number of hydrogen-bond donors (Lipinski definition) is 1. The van der Waals surface area contributed by atoms with Gasteiger partial charge in [-0.3, -0.25) is 4.40 Å². The van der Waals surface area contributed by atoms with Gasteiger partial charge in [-0.05, 0) is 61.0 Å². The molecule has 0 radical (unpaired) electrons. The van der Waals surface area contributed by atoms with Crippen molar-refractivity contribution in [3.63, 3.8) is 0 Å². The second-order valence-electron chi connectivity index (χ2n) is 7.91. The number of nitrogens with one attached hydrogen (secondary N) is 1. The fourth-order valence-corrected chi connectivity index (χ4v) is 5.80. The van der Waals surface area contributed by atoms with Gasteiger partial charge in [0.15, 0.2) is 14.8 Å². The number of methoxy groups -OCH3 is 1. The summed E-state index contributed by atoms with van der Waals surface area (Å²) in [7, 11) is -1.88. The van der Waals surface area contributed by atoms with Crippen LogP contribution in [0.5, 0.6) is 5.75 Å². The molecule has 0 fully saturated rings.